The zero-order chi connectivity index (χ0) is 19.9. The second kappa shape index (κ2) is 9.41. The molecule has 1 atom stereocenters. The van der Waals surface area contributed by atoms with Gasteiger partial charge in [0.2, 0.25) is 0 Å². The first-order chi connectivity index (χ1) is 13.6. The number of carbonyl (C=O) groups excluding carboxylic acids is 1. The zero-order valence-corrected chi connectivity index (χ0v) is 16.6. The van der Waals surface area contributed by atoms with Gasteiger partial charge in [-0.15, -0.1) is 10.2 Å². The first-order valence-corrected chi connectivity index (χ1v) is 9.34. The molecule has 0 fully saturated rings. The maximum Gasteiger partial charge on any atom is 0.318 e. The summed E-state index contributed by atoms with van der Waals surface area (Å²) in [4.78, 5) is 14.7. The molecule has 152 valence electrons. The first kappa shape index (κ1) is 19.9. The van der Waals surface area contributed by atoms with E-state index in [4.69, 9.17) is 14.2 Å². The van der Waals surface area contributed by atoms with Crippen molar-refractivity contribution in [3.8, 4) is 11.5 Å². The Labute approximate surface area is 164 Å². The molecule has 0 unspecified atom stereocenters. The lowest BCUT2D eigenvalue weighted by atomic mass is 10.1. The van der Waals surface area contributed by atoms with Crippen molar-refractivity contribution in [3.05, 3.63) is 35.9 Å². The van der Waals surface area contributed by atoms with Crippen LogP contribution in [0.5, 0.6) is 11.5 Å². The predicted molar refractivity (Wildman–Crippen MR) is 102 cm³/mol. The van der Waals surface area contributed by atoms with Gasteiger partial charge in [0.05, 0.1) is 32.9 Å². The number of fused-ring (bicyclic) bond motifs is 1. The summed E-state index contributed by atoms with van der Waals surface area (Å²) < 4.78 is 18.2. The number of amides is 2. The van der Waals surface area contributed by atoms with Crippen LogP contribution in [0.25, 0.3) is 0 Å². The van der Waals surface area contributed by atoms with Crippen LogP contribution in [0, 0.1) is 0 Å². The molecule has 0 spiro atoms. The Kier molecular flexibility index (Phi) is 6.70. The number of benzene rings is 1. The number of aromatic nitrogens is 3. The van der Waals surface area contributed by atoms with Gasteiger partial charge in [0.25, 0.3) is 0 Å². The molecule has 2 amide bonds. The number of ether oxygens (including phenoxy) is 3. The monoisotopic (exact) mass is 389 g/mol. The van der Waals surface area contributed by atoms with E-state index in [1.54, 1.807) is 25.4 Å². The van der Waals surface area contributed by atoms with Crippen LogP contribution in [0.1, 0.15) is 30.8 Å². The Balaban J connectivity index is 1.70. The number of nitrogens with zero attached hydrogens (tertiary/aromatic N) is 4. The fraction of sp³-hybridized carbons (Fsp3) is 0.526. The molecule has 0 saturated heterocycles. The van der Waals surface area contributed by atoms with Crippen LogP contribution in [0.15, 0.2) is 24.5 Å². The van der Waals surface area contributed by atoms with E-state index < -0.39 is 0 Å². The molecule has 1 aliphatic heterocycles. The molecule has 9 heteroatoms. The molecule has 0 radical (unpaired) electrons. The average Bonchev–Trinajstić information content (AvgIpc) is 3.15. The van der Waals surface area contributed by atoms with Gasteiger partial charge in [0, 0.05) is 25.8 Å². The Bertz CT molecular complexity index is 794. The minimum Gasteiger partial charge on any atom is -0.493 e. The topological polar surface area (TPSA) is 90.7 Å². The molecular weight excluding hydrogens is 362 g/mol. The van der Waals surface area contributed by atoms with Gasteiger partial charge in [-0.1, -0.05) is 12.1 Å². The molecular formula is C19H27N5O4. The maximum atomic E-state index is 12.9. The van der Waals surface area contributed by atoms with Crippen LogP contribution in [0.3, 0.4) is 0 Å². The average molecular weight is 389 g/mol. The molecule has 0 saturated carbocycles. The van der Waals surface area contributed by atoms with Crippen molar-refractivity contribution in [1.82, 2.24) is 25.0 Å². The largest absolute Gasteiger partial charge is 0.493 e. The highest BCUT2D eigenvalue weighted by atomic mass is 16.5. The van der Waals surface area contributed by atoms with Crippen LogP contribution in [-0.2, 0) is 17.8 Å². The smallest absolute Gasteiger partial charge is 0.318 e. The number of carbonyl (C=O) groups is 1. The summed E-state index contributed by atoms with van der Waals surface area (Å²) in [7, 11) is 3.26. The van der Waals surface area contributed by atoms with Gasteiger partial charge in [0.15, 0.2) is 17.3 Å². The molecule has 2 aromatic rings. The van der Waals surface area contributed by atoms with Gasteiger partial charge in [-0.25, -0.2) is 4.79 Å². The number of rotatable bonds is 6. The van der Waals surface area contributed by atoms with E-state index in [1.165, 1.54) is 0 Å². The van der Waals surface area contributed by atoms with Crippen molar-refractivity contribution in [3.63, 3.8) is 0 Å². The molecule has 9 nitrogen and oxygen atoms in total. The Morgan fingerprint density at radius 1 is 1.39 bits per heavy atom. The van der Waals surface area contributed by atoms with E-state index in [-0.39, 0.29) is 12.1 Å². The van der Waals surface area contributed by atoms with Crippen molar-refractivity contribution < 1.29 is 19.0 Å². The fourth-order valence-electron chi connectivity index (χ4n) is 3.20. The summed E-state index contributed by atoms with van der Waals surface area (Å²) in [6, 6.07) is 5.29. The zero-order valence-electron chi connectivity index (χ0n) is 16.6. The van der Waals surface area contributed by atoms with Crippen LogP contribution in [0.4, 0.5) is 4.79 Å². The lowest BCUT2D eigenvalue weighted by molar-refractivity contribution is 0.175. The highest BCUT2D eigenvalue weighted by molar-refractivity contribution is 5.74. The van der Waals surface area contributed by atoms with Gasteiger partial charge in [-0.2, -0.15) is 0 Å². The highest BCUT2D eigenvalue weighted by Crippen LogP contribution is 2.33. The molecule has 1 aliphatic rings. The third-order valence-corrected chi connectivity index (χ3v) is 4.66. The SMILES string of the molecule is COCCn1cnnc1[C@@H](C)NC(=O)N1CCCOc2c(cccc2OC)C1. The van der Waals surface area contributed by atoms with Gasteiger partial charge < -0.3 is 29.0 Å². The van der Waals surface area contributed by atoms with E-state index in [2.05, 4.69) is 15.5 Å². The van der Waals surface area contributed by atoms with Crippen molar-refractivity contribution in [2.24, 2.45) is 0 Å². The van der Waals surface area contributed by atoms with Gasteiger partial charge in [-0.3, -0.25) is 0 Å². The summed E-state index contributed by atoms with van der Waals surface area (Å²) in [6.45, 7) is 4.66. The predicted octanol–water partition coefficient (Wildman–Crippen LogP) is 1.99. The van der Waals surface area contributed by atoms with E-state index >= 15 is 0 Å². The van der Waals surface area contributed by atoms with Crippen molar-refractivity contribution in [2.45, 2.75) is 32.5 Å². The summed E-state index contributed by atoms with van der Waals surface area (Å²) in [5, 5.41) is 11.1. The Morgan fingerprint density at radius 2 is 2.25 bits per heavy atom. The number of hydrogen-bond acceptors (Lipinski definition) is 6. The second-order valence-electron chi connectivity index (χ2n) is 6.62. The Hall–Kier alpha value is -2.81. The third-order valence-electron chi connectivity index (χ3n) is 4.66. The first-order valence-electron chi connectivity index (χ1n) is 9.34. The summed E-state index contributed by atoms with van der Waals surface area (Å²) in [6.07, 6.45) is 2.39. The lowest BCUT2D eigenvalue weighted by Gasteiger charge is -2.28. The van der Waals surface area contributed by atoms with Gasteiger partial charge in [-0.05, 0) is 19.4 Å². The summed E-state index contributed by atoms with van der Waals surface area (Å²) >= 11 is 0. The standard InChI is InChI=1S/C19H27N5O4/c1-14(18-22-20-13-24(18)9-11-26-2)21-19(25)23-8-5-10-28-17-15(12-23)6-4-7-16(17)27-3/h4,6-7,13-14H,5,8-12H2,1-3H3,(H,21,25)/t14-/m1/s1. The quantitative estimate of drug-likeness (QED) is 0.813. The highest BCUT2D eigenvalue weighted by Gasteiger charge is 2.23. The maximum absolute atomic E-state index is 12.9. The van der Waals surface area contributed by atoms with E-state index in [0.717, 1.165) is 12.0 Å². The molecule has 3 rings (SSSR count). The van der Waals surface area contributed by atoms with Crippen LogP contribution >= 0.6 is 0 Å². The van der Waals surface area contributed by atoms with Crippen molar-refractivity contribution in [1.29, 1.82) is 0 Å². The molecule has 28 heavy (non-hydrogen) atoms. The van der Waals surface area contributed by atoms with Crippen LogP contribution < -0.4 is 14.8 Å². The minimum atomic E-state index is -0.279. The molecule has 0 aliphatic carbocycles. The number of urea groups is 1. The summed E-state index contributed by atoms with van der Waals surface area (Å²) in [5.74, 6) is 2.08. The fourth-order valence-corrected chi connectivity index (χ4v) is 3.20. The molecule has 1 aromatic carbocycles. The van der Waals surface area contributed by atoms with Gasteiger partial charge >= 0.3 is 6.03 Å². The van der Waals surface area contributed by atoms with Gasteiger partial charge in [0.1, 0.15) is 6.33 Å². The van der Waals surface area contributed by atoms with E-state index in [1.807, 2.05) is 29.7 Å². The van der Waals surface area contributed by atoms with Crippen LogP contribution in [-0.4, -0.2) is 59.7 Å². The third kappa shape index (κ3) is 4.53. The number of para-hydroxylation sites is 1. The summed E-state index contributed by atoms with van der Waals surface area (Å²) in [5.41, 5.74) is 0.921. The normalized spacial score (nSPS) is 15.0. The molecule has 2 heterocycles. The molecule has 1 aromatic heterocycles. The van der Waals surface area contributed by atoms with E-state index in [9.17, 15) is 4.79 Å². The van der Waals surface area contributed by atoms with Crippen molar-refractivity contribution >= 4 is 6.03 Å². The lowest BCUT2D eigenvalue weighted by Crippen LogP contribution is -2.42. The number of methoxy groups -OCH3 is 2. The minimum absolute atomic E-state index is 0.149. The van der Waals surface area contributed by atoms with Crippen LogP contribution in [0.2, 0.25) is 0 Å². The number of hydrogen-bond donors (Lipinski definition) is 1. The second-order valence-corrected chi connectivity index (χ2v) is 6.62. The van der Waals surface area contributed by atoms with Crippen molar-refractivity contribution in [2.75, 3.05) is 34.0 Å². The Morgan fingerprint density at radius 3 is 3.04 bits per heavy atom. The number of nitrogens with one attached hydrogen (secondary N) is 1. The molecule has 1 N–H and O–H groups in total. The van der Waals surface area contributed by atoms with E-state index in [0.29, 0.717) is 50.2 Å². The molecule has 0 bridgehead atoms.